The van der Waals surface area contributed by atoms with Gasteiger partial charge in [-0.05, 0) is 25.1 Å². The highest BCUT2D eigenvalue weighted by molar-refractivity contribution is 5.77. The van der Waals surface area contributed by atoms with E-state index in [1.165, 1.54) is 6.92 Å². The van der Waals surface area contributed by atoms with Gasteiger partial charge in [-0.3, -0.25) is 0 Å². The predicted molar refractivity (Wildman–Crippen MR) is 68.9 cm³/mol. The highest BCUT2D eigenvalue weighted by Gasteiger charge is 2.34. The van der Waals surface area contributed by atoms with E-state index in [9.17, 15) is 9.90 Å². The standard InChI is InChI=1S/C14H16O5/c1-3-17-13(15)14(2,16)19-11-7-6-10-5-4-8-18-12(10)9-11/h4-7,9,16H,3,8H2,1-2H3/t14-/m0/s1. The fourth-order valence-corrected chi connectivity index (χ4v) is 1.69. The number of carbonyl (C=O) groups is 1. The molecule has 0 aliphatic carbocycles. The van der Waals surface area contributed by atoms with Gasteiger partial charge in [-0.15, -0.1) is 0 Å². The molecule has 0 bridgehead atoms. The average molecular weight is 264 g/mol. The number of carbonyl (C=O) groups excluding carboxylic acids is 1. The first-order chi connectivity index (χ1) is 9.03. The van der Waals surface area contributed by atoms with Crippen LogP contribution in [0.25, 0.3) is 6.08 Å². The summed E-state index contributed by atoms with van der Waals surface area (Å²) in [5.41, 5.74) is 0.925. The van der Waals surface area contributed by atoms with Crippen molar-refractivity contribution < 1.29 is 24.1 Å². The molecule has 1 aromatic carbocycles. The summed E-state index contributed by atoms with van der Waals surface area (Å²) >= 11 is 0. The first-order valence-electron chi connectivity index (χ1n) is 6.05. The molecule has 0 saturated heterocycles. The molecule has 1 aliphatic heterocycles. The van der Waals surface area contributed by atoms with Crippen molar-refractivity contribution >= 4 is 12.0 Å². The molecule has 0 spiro atoms. The van der Waals surface area contributed by atoms with Crippen molar-refractivity contribution in [3.8, 4) is 11.5 Å². The van der Waals surface area contributed by atoms with Crippen molar-refractivity contribution in [1.82, 2.24) is 0 Å². The minimum Gasteiger partial charge on any atom is -0.489 e. The second-order valence-electron chi connectivity index (χ2n) is 4.22. The maximum absolute atomic E-state index is 11.5. The zero-order valence-electron chi connectivity index (χ0n) is 10.9. The fraction of sp³-hybridized carbons (Fsp3) is 0.357. The third-order valence-electron chi connectivity index (χ3n) is 2.59. The number of ether oxygens (including phenoxy) is 3. The van der Waals surface area contributed by atoms with Gasteiger partial charge in [0.1, 0.15) is 18.1 Å². The molecule has 102 valence electrons. The van der Waals surface area contributed by atoms with Gasteiger partial charge in [0.2, 0.25) is 0 Å². The number of rotatable bonds is 4. The zero-order chi connectivity index (χ0) is 13.9. The van der Waals surface area contributed by atoms with Crippen molar-refractivity contribution in [3.63, 3.8) is 0 Å². The third-order valence-corrected chi connectivity index (χ3v) is 2.59. The van der Waals surface area contributed by atoms with Gasteiger partial charge in [0.15, 0.2) is 0 Å². The molecule has 1 atom stereocenters. The van der Waals surface area contributed by atoms with E-state index in [0.29, 0.717) is 18.1 Å². The van der Waals surface area contributed by atoms with Crippen LogP contribution in [0, 0.1) is 0 Å². The maximum atomic E-state index is 11.5. The average Bonchev–Trinajstić information content (AvgIpc) is 2.38. The van der Waals surface area contributed by atoms with Crippen molar-refractivity contribution in [2.75, 3.05) is 13.2 Å². The van der Waals surface area contributed by atoms with Crippen LogP contribution in [0.2, 0.25) is 0 Å². The monoisotopic (exact) mass is 264 g/mol. The van der Waals surface area contributed by atoms with Gasteiger partial charge in [-0.25, -0.2) is 4.79 Å². The Balaban J connectivity index is 2.15. The minimum atomic E-state index is -2.02. The van der Waals surface area contributed by atoms with Crippen LogP contribution in [0.15, 0.2) is 24.3 Å². The molecule has 19 heavy (non-hydrogen) atoms. The van der Waals surface area contributed by atoms with E-state index < -0.39 is 11.8 Å². The molecule has 0 aromatic heterocycles. The molecule has 1 N–H and O–H groups in total. The Morgan fingerprint density at radius 3 is 3.05 bits per heavy atom. The molecule has 5 heteroatoms. The molecule has 1 aliphatic rings. The molecule has 1 heterocycles. The van der Waals surface area contributed by atoms with Crippen molar-refractivity contribution in [2.24, 2.45) is 0 Å². The van der Waals surface area contributed by atoms with Crippen LogP contribution in [0.1, 0.15) is 19.4 Å². The van der Waals surface area contributed by atoms with E-state index in [-0.39, 0.29) is 6.61 Å². The molecular formula is C14H16O5. The van der Waals surface area contributed by atoms with Crippen LogP contribution >= 0.6 is 0 Å². The Morgan fingerprint density at radius 1 is 1.53 bits per heavy atom. The van der Waals surface area contributed by atoms with Crippen molar-refractivity contribution in [2.45, 2.75) is 19.6 Å². The minimum absolute atomic E-state index is 0.177. The van der Waals surface area contributed by atoms with Gasteiger partial charge >= 0.3 is 11.8 Å². The van der Waals surface area contributed by atoms with Gasteiger partial charge in [0, 0.05) is 18.6 Å². The summed E-state index contributed by atoms with van der Waals surface area (Å²) in [4.78, 5) is 11.5. The van der Waals surface area contributed by atoms with Crippen LogP contribution in [-0.4, -0.2) is 30.1 Å². The predicted octanol–water partition coefficient (Wildman–Crippen LogP) is 1.74. The second kappa shape index (κ2) is 5.32. The molecule has 1 aromatic rings. The van der Waals surface area contributed by atoms with Gasteiger partial charge in [0.05, 0.1) is 6.61 Å². The largest absolute Gasteiger partial charge is 0.489 e. The third kappa shape index (κ3) is 3.06. The van der Waals surface area contributed by atoms with E-state index in [1.54, 1.807) is 25.1 Å². The van der Waals surface area contributed by atoms with E-state index in [4.69, 9.17) is 14.2 Å². The van der Waals surface area contributed by atoms with Gasteiger partial charge < -0.3 is 19.3 Å². The topological polar surface area (TPSA) is 65.0 Å². The molecule has 5 nitrogen and oxygen atoms in total. The summed E-state index contributed by atoms with van der Waals surface area (Å²) in [5.74, 6) is -1.85. The lowest BCUT2D eigenvalue weighted by Gasteiger charge is -2.23. The summed E-state index contributed by atoms with van der Waals surface area (Å²) in [6, 6.07) is 5.08. The van der Waals surface area contributed by atoms with Crippen molar-refractivity contribution in [1.29, 1.82) is 0 Å². The number of fused-ring (bicyclic) bond motifs is 1. The SMILES string of the molecule is CCOC(=O)[C@@](C)(O)Oc1ccc2c(c1)OCC=C2. The van der Waals surface area contributed by atoms with E-state index in [0.717, 1.165) is 5.56 Å². The molecular weight excluding hydrogens is 248 g/mol. The number of hydrogen-bond donors (Lipinski definition) is 1. The Morgan fingerprint density at radius 2 is 2.32 bits per heavy atom. The first kappa shape index (κ1) is 13.4. The smallest absolute Gasteiger partial charge is 0.379 e. The molecule has 0 radical (unpaired) electrons. The van der Waals surface area contributed by atoms with Crippen LogP contribution in [-0.2, 0) is 9.53 Å². The van der Waals surface area contributed by atoms with Crippen LogP contribution in [0.4, 0.5) is 0 Å². The Kier molecular flexibility index (Phi) is 3.76. The lowest BCUT2D eigenvalue weighted by atomic mass is 10.1. The number of aliphatic hydroxyl groups is 1. The lowest BCUT2D eigenvalue weighted by Crippen LogP contribution is -2.42. The summed E-state index contributed by atoms with van der Waals surface area (Å²) in [6.07, 6.45) is 3.84. The number of benzene rings is 1. The Labute approximate surface area is 111 Å². The van der Waals surface area contributed by atoms with Crippen LogP contribution in [0.5, 0.6) is 11.5 Å². The van der Waals surface area contributed by atoms with Gasteiger partial charge in [-0.2, -0.15) is 0 Å². The number of esters is 1. The molecule has 2 rings (SSSR count). The lowest BCUT2D eigenvalue weighted by molar-refractivity contribution is -0.194. The number of hydrogen-bond acceptors (Lipinski definition) is 5. The normalized spacial score (nSPS) is 15.9. The van der Waals surface area contributed by atoms with E-state index in [1.807, 2.05) is 12.2 Å². The summed E-state index contributed by atoms with van der Waals surface area (Å²) < 4.78 is 15.4. The summed E-state index contributed by atoms with van der Waals surface area (Å²) in [5, 5.41) is 9.92. The van der Waals surface area contributed by atoms with Gasteiger partial charge in [0.25, 0.3) is 0 Å². The molecule has 0 fully saturated rings. The molecule has 0 saturated carbocycles. The Bertz CT molecular complexity index is 505. The molecule has 0 unspecified atom stereocenters. The maximum Gasteiger partial charge on any atom is 0.379 e. The zero-order valence-corrected chi connectivity index (χ0v) is 10.9. The highest BCUT2D eigenvalue weighted by atomic mass is 16.7. The molecule has 0 amide bonds. The second-order valence-corrected chi connectivity index (χ2v) is 4.22. The first-order valence-corrected chi connectivity index (χ1v) is 6.05. The van der Waals surface area contributed by atoms with Crippen molar-refractivity contribution in [3.05, 3.63) is 29.8 Å². The fourth-order valence-electron chi connectivity index (χ4n) is 1.69. The quantitative estimate of drug-likeness (QED) is 0.663. The summed E-state index contributed by atoms with van der Waals surface area (Å²) in [6.45, 7) is 3.57. The van der Waals surface area contributed by atoms with Gasteiger partial charge in [-0.1, -0.05) is 6.08 Å². The van der Waals surface area contributed by atoms with Crippen LogP contribution < -0.4 is 9.47 Å². The van der Waals surface area contributed by atoms with E-state index >= 15 is 0 Å². The highest BCUT2D eigenvalue weighted by Crippen LogP contribution is 2.30. The Hall–Kier alpha value is -2.01. The summed E-state index contributed by atoms with van der Waals surface area (Å²) in [7, 11) is 0. The van der Waals surface area contributed by atoms with Crippen LogP contribution in [0.3, 0.4) is 0 Å². The van der Waals surface area contributed by atoms with E-state index in [2.05, 4.69) is 0 Å².